The minimum atomic E-state index is -4.44. The number of alkyl halides is 3. The Morgan fingerprint density at radius 3 is 2.24 bits per heavy atom. The van der Waals surface area contributed by atoms with Gasteiger partial charge in [-0.05, 0) is 43.2 Å². The van der Waals surface area contributed by atoms with Crippen LogP contribution in [-0.4, -0.2) is 48.1 Å². The van der Waals surface area contributed by atoms with Gasteiger partial charge in [-0.15, -0.1) is 0 Å². The first-order chi connectivity index (χ1) is 15.0. The highest BCUT2D eigenvalue weighted by Gasteiger charge is 2.34. The number of halogens is 3. The average molecular weight is 493 g/mol. The number of hydrogen-bond donors (Lipinski definition) is 3. The van der Waals surface area contributed by atoms with Gasteiger partial charge in [0.15, 0.2) is 6.10 Å². The van der Waals surface area contributed by atoms with Crippen molar-refractivity contribution >= 4 is 15.9 Å². The van der Waals surface area contributed by atoms with Crippen molar-refractivity contribution in [2.24, 2.45) is 0 Å². The smallest absolute Gasteiger partial charge is 0.416 e. The van der Waals surface area contributed by atoms with Crippen molar-refractivity contribution in [3.8, 4) is 5.75 Å². The van der Waals surface area contributed by atoms with Gasteiger partial charge in [0.05, 0.1) is 10.5 Å². The largest absolute Gasteiger partial charge is 0.490 e. The van der Waals surface area contributed by atoms with Crippen LogP contribution >= 0.6 is 0 Å². The molecule has 1 aliphatic heterocycles. The lowest BCUT2D eigenvalue weighted by Gasteiger charge is -2.32. The van der Waals surface area contributed by atoms with E-state index in [1.807, 2.05) is 0 Å². The second-order valence-corrected chi connectivity index (χ2v) is 9.07. The molecule has 0 bridgehead atoms. The number of carbonyl (C=O) groups is 1. The topological polar surface area (TPSA) is 116 Å². The maximum absolute atomic E-state index is 13.1. The number of aliphatic hydroxyl groups is 1. The van der Waals surface area contributed by atoms with Crippen molar-refractivity contribution in [1.29, 1.82) is 0 Å². The highest BCUT2D eigenvalue weighted by atomic mass is 32.2. The number of hydroxylamine groups is 1. The molecule has 0 spiro atoms. The lowest BCUT2D eigenvalue weighted by Crippen LogP contribution is -2.42. The van der Waals surface area contributed by atoms with Crippen molar-refractivity contribution in [2.75, 3.05) is 13.1 Å². The molecule has 0 aromatic heterocycles. The zero-order chi connectivity index (χ0) is 23.5. The number of aliphatic hydroxyl groups excluding tert-OH is 1. The number of nitrogens with zero attached hydrogens (tertiary/aromatic N) is 1. The van der Waals surface area contributed by atoms with Crippen LogP contribution in [0.2, 0.25) is 0 Å². The molecule has 0 aliphatic carbocycles. The van der Waals surface area contributed by atoms with Crippen molar-refractivity contribution in [3.05, 3.63) is 59.7 Å². The normalized spacial score (nSPS) is 16.5. The predicted molar refractivity (Wildman–Crippen MR) is 114 cm³/mol. The van der Waals surface area contributed by atoms with Crippen LogP contribution in [0.1, 0.15) is 38.9 Å². The Balaban J connectivity index is 0.00000289. The Hall–Kier alpha value is -2.67. The Bertz CT molecular complexity index is 1060. The Labute approximate surface area is 191 Å². The fourth-order valence-electron chi connectivity index (χ4n) is 3.39. The van der Waals surface area contributed by atoms with Gasteiger partial charge >= 0.3 is 6.18 Å². The van der Waals surface area contributed by atoms with Crippen molar-refractivity contribution < 1.29 is 42.9 Å². The lowest BCUT2D eigenvalue weighted by molar-refractivity contribution is -0.138. The van der Waals surface area contributed by atoms with E-state index < -0.39 is 33.8 Å². The summed E-state index contributed by atoms with van der Waals surface area (Å²) in [4.78, 5) is 11.3. The molecule has 1 aliphatic rings. The summed E-state index contributed by atoms with van der Waals surface area (Å²) in [5.41, 5.74) is 0.317. The number of benzene rings is 2. The molecule has 3 rings (SSSR count). The van der Waals surface area contributed by atoms with Crippen LogP contribution in [0.3, 0.4) is 0 Å². The first-order valence-electron chi connectivity index (χ1n) is 9.59. The number of carbonyl (C=O) groups excluding carboxylic acids is 1. The molecular formula is C21H27F3N2O6S. The summed E-state index contributed by atoms with van der Waals surface area (Å²) in [7, 11) is -4.07. The summed E-state index contributed by atoms with van der Waals surface area (Å²) in [5, 5.41) is 18.8. The minimum absolute atomic E-state index is 0. The highest BCUT2D eigenvalue weighted by Crippen LogP contribution is 2.32. The van der Waals surface area contributed by atoms with E-state index in [9.17, 15) is 31.5 Å². The lowest BCUT2D eigenvalue weighted by atomic mass is 10.1. The molecule has 1 fully saturated rings. The first-order valence-corrected chi connectivity index (χ1v) is 11.0. The SMILES string of the molecule is C.O=C(NO)C(O)c1ccccc1S(=O)(=O)N1CCC(Oc2ccc(C(F)(F)F)cc2)CC1.[HH]. The molecule has 2 aromatic rings. The van der Waals surface area contributed by atoms with Crippen LogP contribution < -0.4 is 10.2 Å². The quantitative estimate of drug-likeness (QED) is 0.421. The second-order valence-electron chi connectivity index (χ2n) is 7.16. The average Bonchev–Trinajstić information content (AvgIpc) is 2.78. The monoisotopic (exact) mass is 492 g/mol. The van der Waals surface area contributed by atoms with Crippen molar-refractivity contribution in [2.45, 2.75) is 43.5 Å². The third kappa shape index (κ3) is 6.02. The van der Waals surface area contributed by atoms with Gasteiger partial charge in [-0.25, -0.2) is 13.9 Å². The van der Waals surface area contributed by atoms with E-state index in [0.29, 0.717) is 12.8 Å². The number of hydrogen-bond acceptors (Lipinski definition) is 6. The molecule has 0 radical (unpaired) electrons. The molecular weight excluding hydrogens is 465 g/mol. The summed E-state index contributed by atoms with van der Waals surface area (Å²) in [6.07, 6.45) is -6.13. The summed E-state index contributed by atoms with van der Waals surface area (Å²) in [6.45, 7) is 0.147. The number of nitrogens with one attached hydrogen (secondary N) is 1. The predicted octanol–water partition coefficient (Wildman–Crippen LogP) is 3.36. The van der Waals surface area contributed by atoms with Crippen LogP contribution in [0.5, 0.6) is 5.75 Å². The van der Waals surface area contributed by atoms with Gasteiger partial charge in [0.1, 0.15) is 11.9 Å². The van der Waals surface area contributed by atoms with Crippen LogP contribution in [-0.2, 0) is 21.0 Å². The number of piperidine rings is 1. The van der Waals surface area contributed by atoms with E-state index in [1.54, 1.807) is 0 Å². The van der Waals surface area contributed by atoms with Gasteiger partial charge in [0.25, 0.3) is 5.91 Å². The molecule has 33 heavy (non-hydrogen) atoms. The molecule has 8 nitrogen and oxygen atoms in total. The second kappa shape index (κ2) is 10.5. The van der Waals surface area contributed by atoms with E-state index in [1.165, 1.54) is 46.2 Å². The molecule has 2 aromatic carbocycles. The number of amides is 1. The Kier molecular flexibility index (Phi) is 8.46. The van der Waals surface area contributed by atoms with Crippen molar-refractivity contribution in [1.82, 2.24) is 9.79 Å². The molecule has 0 saturated carbocycles. The Morgan fingerprint density at radius 1 is 1.12 bits per heavy atom. The maximum atomic E-state index is 13.1. The van der Waals surface area contributed by atoms with Gasteiger partial charge in [-0.2, -0.15) is 17.5 Å². The standard InChI is InChI=1S/C20H21F3N2O6S.CH4.H2/c21-20(22,23)13-5-7-14(8-6-13)31-15-9-11-25(12-10-15)32(29,30)17-4-2-1-3-16(17)18(26)19(27)24-28;;/h1-8,15,18,26,28H,9-12H2,(H,24,27);1H4;1H. The molecule has 1 saturated heterocycles. The van der Waals surface area contributed by atoms with Gasteiger partial charge in [0, 0.05) is 20.1 Å². The van der Waals surface area contributed by atoms with Crippen LogP contribution in [0.15, 0.2) is 53.4 Å². The van der Waals surface area contributed by atoms with Gasteiger partial charge in [0.2, 0.25) is 10.0 Å². The molecule has 3 N–H and O–H groups in total. The highest BCUT2D eigenvalue weighted by molar-refractivity contribution is 7.89. The maximum Gasteiger partial charge on any atom is 0.416 e. The van der Waals surface area contributed by atoms with Crippen LogP contribution in [0.25, 0.3) is 0 Å². The van der Waals surface area contributed by atoms with Crippen LogP contribution in [0.4, 0.5) is 13.2 Å². The number of rotatable bonds is 6. The summed E-state index contributed by atoms with van der Waals surface area (Å²) >= 11 is 0. The third-order valence-electron chi connectivity index (χ3n) is 5.08. The number of ether oxygens (including phenoxy) is 1. The molecule has 1 atom stereocenters. The summed E-state index contributed by atoms with van der Waals surface area (Å²) in [5.74, 6) is -0.918. The minimum Gasteiger partial charge on any atom is -0.490 e. The van der Waals surface area contributed by atoms with Crippen molar-refractivity contribution in [3.63, 3.8) is 0 Å². The zero-order valence-corrected chi connectivity index (χ0v) is 17.4. The van der Waals surface area contributed by atoms with E-state index in [-0.39, 0.29) is 44.3 Å². The summed E-state index contributed by atoms with van der Waals surface area (Å²) in [6, 6.07) is 9.69. The summed E-state index contributed by atoms with van der Waals surface area (Å²) < 4.78 is 71.0. The van der Waals surface area contributed by atoms with E-state index in [0.717, 1.165) is 12.1 Å². The van der Waals surface area contributed by atoms with Gasteiger partial charge in [-0.3, -0.25) is 10.0 Å². The molecule has 1 amide bonds. The van der Waals surface area contributed by atoms with Gasteiger partial charge in [-0.1, -0.05) is 25.6 Å². The van der Waals surface area contributed by atoms with Crippen LogP contribution in [0, 0.1) is 0 Å². The first kappa shape index (κ1) is 26.6. The fourth-order valence-corrected chi connectivity index (χ4v) is 5.09. The molecule has 184 valence electrons. The Morgan fingerprint density at radius 2 is 1.70 bits per heavy atom. The molecule has 12 heteroatoms. The zero-order valence-electron chi connectivity index (χ0n) is 16.6. The molecule has 1 heterocycles. The van der Waals surface area contributed by atoms with Gasteiger partial charge < -0.3 is 9.84 Å². The van der Waals surface area contributed by atoms with E-state index in [2.05, 4.69) is 0 Å². The molecule has 1 unspecified atom stereocenters. The third-order valence-corrected chi connectivity index (χ3v) is 7.05. The fraction of sp³-hybridized carbons (Fsp3) is 0.381. The number of sulfonamides is 1. The van der Waals surface area contributed by atoms with E-state index in [4.69, 9.17) is 9.94 Å². The van der Waals surface area contributed by atoms with E-state index >= 15 is 0 Å².